The summed E-state index contributed by atoms with van der Waals surface area (Å²) in [4.78, 5) is 4.13. The molecule has 1 aromatic heterocycles. The second kappa shape index (κ2) is 13.8. The van der Waals surface area contributed by atoms with Gasteiger partial charge in [-0.25, -0.2) is 0 Å². The molecule has 0 spiro atoms. The number of nitrogens with zero attached hydrogens (tertiary/aromatic N) is 2. The first-order chi connectivity index (χ1) is 19.4. The van der Waals surface area contributed by atoms with Gasteiger partial charge in [0.1, 0.15) is 30.8 Å². The lowest BCUT2D eigenvalue weighted by Gasteiger charge is -2.17. The molecule has 0 saturated carbocycles. The third kappa shape index (κ3) is 6.92. The molecular formula is C35H35ClN2O2. The Balaban J connectivity index is 1.57. The van der Waals surface area contributed by atoms with Crippen LogP contribution in [-0.4, -0.2) is 4.98 Å². The van der Waals surface area contributed by atoms with Crippen molar-refractivity contribution in [3.8, 4) is 28.7 Å². The molecule has 0 radical (unpaired) electrons. The van der Waals surface area contributed by atoms with Crippen molar-refractivity contribution in [1.82, 2.24) is 4.98 Å². The van der Waals surface area contributed by atoms with Crippen LogP contribution in [0, 0.1) is 25.2 Å². The van der Waals surface area contributed by atoms with E-state index < -0.39 is 0 Å². The van der Waals surface area contributed by atoms with Crippen LogP contribution >= 0.6 is 11.6 Å². The monoisotopic (exact) mass is 550 g/mol. The van der Waals surface area contributed by atoms with Crippen LogP contribution in [-0.2, 0) is 19.6 Å². The zero-order valence-electron chi connectivity index (χ0n) is 23.6. The van der Waals surface area contributed by atoms with Gasteiger partial charge >= 0.3 is 0 Å². The highest BCUT2D eigenvalue weighted by Crippen LogP contribution is 2.36. The molecule has 0 saturated heterocycles. The molecule has 0 aliphatic carbocycles. The molecule has 5 heteroatoms. The lowest BCUT2D eigenvalue weighted by Crippen LogP contribution is -2.03. The van der Waals surface area contributed by atoms with Gasteiger partial charge in [0.05, 0.1) is 10.6 Å². The maximum Gasteiger partial charge on any atom is 0.142 e. The van der Waals surface area contributed by atoms with Crippen molar-refractivity contribution in [3.05, 3.63) is 117 Å². The normalized spacial score (nSPS) is 11.0. The highest BCUT2D eigenvalue weighted by atomic mass is 35.5. The maximum absolute atomic E-state index is 9.17. The van der Waals surface area contributed by atoms with E-state index in [0.29, 0.717) is 29.5 Å². The molecule has 0 atom stereocenters. The standard InChI is InChI=1S/C35H35ClN2O2/c1-5-7-11-28-12-8-14-31(24(28)3)32-15-9-13-30(25(32)4)23-40-35-18-34(29(10-6-2)17-33(35)36)39-22-27-16-26(19-37)20-38-21-27/h7-9,11-18,20-21H,5-6,10,22-23H2,1-4H3/b11-7+. The van der Waals surface area contributed by atoms with Gasteiger partial charge in [0.2, 0.25) is 0 Å². The molecule has 0 aliphatic heterocycles. The quantitative estimate of drug-likeness (QED) is 0.186. The summed E-state index contributed by atoms with van der Waals surface area (Å²) in [5, 5.41) is 9.73. The van der Waals surface area contributed by atoms with Crippen molar-refractivity contribution < 1.29 is 9.47 Å². The van der Waals surface area contributed by atoms with E-state index in [0.717, 1.165) is 41.7 Å². The first-order valence-corrected chi connectivity index (χ1v) is 14.1. The Kier molecular flexibility index (Phi) is 10.00. The van der Waals surface area contributed by atoms with Gasteiger partial charge in [-0.15, -0.1) is 0 Å². The van der Waals surface area contributed by atoms with Crippen molar-refractivity contribution in [2.24, 2.45) is 0 Å². The summed E-state index contributed by atoms with van der Waals surface area (Å²) in [5.41, 5.74) is 9.57. The molecule has 4 aromatic rings. The van der Waals surface area contributed by atoms with E-state index in [1.165, 1.54) is 27.8 Å². The molecule has 0 bridgehead atoms. The SMILES string of the molecule is CC/C=C/c1cccc(-c2cccc(COc3cc(OCc4cncc(C#N)c4)c(CCC)cc3Cl)c2C)c1C. The first kappa shape index (κ1) is 28.9. The molecule has 4 rings (SSSR count). The van der Waals surface area contributed by atoms with Crippen LogP contribution in [0.3, 0.4) is 0 Å². The van der Waals surface area contributed by atoms with Crippen molar-refractivity contribution in [2.75, 3.05) is 0 Å². The number of ether oxygens (including phenoxy) is 2. The van der Waals surface area contributed by atoms with E-state index in [2.05, 4.69) is 87.3 Å². The highest BCUT2D eigenvalue weighted by Gasteiger charge is 2.14. The number of halogens is 1. The number of benzene rings is 3. The average molecular weight is 551 g/mol. The fourth-order valence-electron chi connectivity index (χ4n) is 4.73. The topological polar surface area (TPSA) is 55.1 Å². The molecule has 1 heterocycles. The molecular weight excluding hydrogens is 516 g/mol. The molecule has 0 fully saturated rings. The summed E-state index contributed by atoms with van der Waals surface area (Å²) >= 11 is 6.67. The van der Waals surface area contributed by atoms with Crippen LogP contribution in [0.25, 0.3) is 17.2 Å². The van der Waals surface area contributed by atoms with Gasteiger partial charge in [0, 0.05) is 24.0 Å². The molecule has 4 nitrogen and oxygen atoms in total. The van der Waals surface area contributed by atoms with Gasteiger partial charge in [0.25, 0.3) is 0 Å². The van der Waals surface area contributed by atoms with Gasteiger partial charge in [-0.05, 0) is 77.8 Å². The minimum absolute atomic E-state index is 0.299. The molecule has 3 aromatic carbocycles. The third-order valence-electron chi connectivity index (χ3n) is 6.98. The van der Waals surface area contributed by atoms with Crippen molar-refractivity contribution in [3.63, 3.8) is 0 Å². The molecule has 0 unspecified atom stereocenters. The Morgan fingerprint density at radius 1 is 0.875 bits per heavy atom. The van der Waals surface area contributed by atoms with E-state index >= 15 is 0 Å². The Bertz CT molecular complexity index is 1550. The smallest absolute Gasteiger partial charge is 0.142 e. The number of hydrogen-bond acceptors (Lipinski definition) is 4. The number of nitriles is 1. The number of aryl methyl sites for hydroxylation is 1. The lowest BCUT2D eigenvalue weighted by molar-refractivity contribution is 0.287. The summed E-state index contributed by atoms with van der Waals surface area (Å²) < 4.78 is 12.5. The Labute approximate surface area is 242 Å². The van der Waals surface area contributed by atoms with Gasteiger partial charge < -0.3 is 9.47 Å². The number of pyridine rings is 1. The van der Waals surface area contributed by atoms with Crippen LogP contribution in [0.4, 0.5) is 0 Å². The largest absolute Gasteiger partial charge is 0.488 e. The fourth-order valence-corrected chi connectivity index (χ4v) is 4.97. The number of aromatic nitrogens is 1. The van der Waals surface area contributed by atoms with Crippen LogP contribution in [0.2, 0.25) is 5.02 Å². The van der Waals surface area contributed by atoms with E-state index in [-0.39, 0.29) is 0 Å². The lowest BCUT2D eigenvalue weighted by atomic mass is 9.91. The maximum atomic E-state index is 9.17. The summed E-state index contributed by atoms with van der Waals surface area (Å²) in [6.07, 6.45) is 10.4. The molecule has 0 amide bonds. The first-order valence-electron chi connectivity index (χ1n) is 13.7. The second-order valence-electron chi connectivity index (χ2n) is 9.83. The zero-order valence-corrected chi connectivity index (χ0v) is 24.4. The summed E-state index contributed by atoms with van der Waals surface area (Å²) in [6, 6.07) is 20.5. The number of rotatable bonds is 11. The molecule has 0 aliphatic rings. The van der Waals surface area contributed by atoms with Crippen LogP contribution in [0.5, 0.6) is 11.5 Å². The predicted molar refractivity (Wildman–Crippen MR) is 164 cm³/mol. The summed E-state index contributed by atoms with van der Waals surface area (Å²) in [7, 11) is 0. The Hall–Kier alpha value is -4.07. The van der Waals surface area contributed by atoms with Crippen molar-refractivity contribution in [2.45, 2.75) is 60.2 Å². The molecule has 204 valence electrons. The van der Waals surface area contributed by atoms with Crippen molar-refractivity contribution >= 4 is 17.7 Å². The zero-order chi connectivity index (χ0) is 28.5. The Morgan fingerprint density at radius 3 is 2.38 bits per heavy atom. The highest BCUT2D eigenvalue weighted by molar-refractivity contribution is 6.32. The van der Waals surface area contributed by atoms with Gasteiger partial charge in [-0.3, -0.25) is 4.98 Å². The molecule has 0 N–H and O–H groups in total. The minimum Gasteiger partial charge on any atom is -0.488 e. The third-order valence-corrected chi connectivity index (χ3v) is 7.28. The van der Waals surface area contributed by atoms with Crippen LogP contribution in [0.1, 0.15) is 65.6 Å². The fraction of sp³-hybridized carbons (Fsp3) is 0.257. The summed E-state index contributed by atoms with van der Waals surface area (Å²) in [5.74, 6) is 1.30. The van der Waals surface area contributed by atoms with E-state index in [9.17, 15) is 5.26 Å². The van der Waals surface area contributed by atoms with E-state index in [1.807, 2.05) is 12.1 Å². The Morgan fingerprint density at radius 2 is 1.62 bits per heavy atom. The number of hydrogen-bond donors (Lipinski definition) is 0. The van der Waals surface area contributed by atoms with Crippen molar-refractivity contribution in [1.29, 1.82) is 5.26 Å². The van der Waals surface area contributed by atoms with Gasteiger partial charge in [0.15, 0.2) is 0 Å². The second-order valence-corrected chi connectivity index (χ2v) is 10.2. The number of allylic oxidation sites excluding steroid dienone is 1. The minimum atomic E-state index is 0.299. The van der Waals surface area contributed by atoms with Gasteiger partial charge in [-0.2, -0.15) is 5.26 Å². The van der Waals surface area contributed by atoms with Crippen LogP contribution < -0.4 is 9.47 Å². The molecule has 40 heavy (non-hydrogen) atoms. The van der Waals surface area contributed by atoms with E-state index in [4.69, 9.17) is 21.1 Å². The summed E-state index contributed by atoms with van der Waals surface area (Å²) in [6.45, 7) is 9.27. The van der Waals surface area contributed by atoms with E-state index in [1.54, 1.807) is 18.5 Å². The van der Waals surface area contributed by atoms with Gasteiger partial charge in [-0.1, -0.05) is 80.4 Å². The predicted octanol–water partition coefficient (Wildman–Crippen LogP) is 9.42. The average Bonchev–Trinajstić information content (AvgIpc) is 2.96. The van der Waals surface area contributed by atoms with Crippen LogP contribution in [0.15, 0.2) is 73.1 Å².